The molecule has 9 heteroatoms. The molecule has 35 heavy (non-hydrogen) atoms. The van der Waals surface area contributed by atoms with Crippen molar-refractivity contribution in [3.05, 3.63) is 59.7 Å². The Bertz CT molecular complexity index is 1200. The highest BCUT2D eigenvalue weighted by Crippen LogP contribution is 2.30. The molecule has 5 rings (SSSR count). The van der Waals surface area contributed by atoms with Gasteiger partial charge in [0.05, 0.1) is 13.2 Å². The van der Waals surface area contributed by atoms with Crippen LogP contribution < -0.4 is 10.1 Å². The highest BCUT2D eigenvalue weighted by Gasteiger charge is 2.34. The summed E-state index contributed by atoms with van der Waals surface area (Å²) in [5, 5.41) is 3.21. The van der Waals surface area contributed by atoms with Crippen LogP contribution in [0.4, 0.5) is 0 Å². The van der Waals surface area contributed by atoms with Crippen LogP contribution in [0.25, 0.3) is 0 Å². The summed E-state index contributed by atoms with van der Waals surface area (Å²) in [6, 6.07) is 15.2. The minimum atomic E-state index is -3.64. The Labute approximate surface area is 207 Å². The lowest BCUT2D eigenvalue weighted by Crippen LogP contribution is -2.44. The van der Waals surface area contributed by atoms with E-state index in [0.717, 1.165) is 18.8 Å². The van der Waals surface area contributed by atoms with Gasteiger partial charge in [0, 0.05) is 31.1 Å². The van der Waals surface area contributed by atoms with Gasteiger partial charge in [-0.1, -0.05) is 24.3 Å². The number of benzene rings is 2. The van der Waals surface area contributed by atoms with Gasteiger partial charge in [0.15, 0.2) is 5.84 Å². The number of piperidine rings is 1. The van der Waals surface area contributed by atoms with Gasteiger partial charge in [0.2, 0.25) is 5.91 Å². The number of amides is 1. The van der Waals surface area contributed by atoms with Crippen molar-refractivity contribution in [1.82, 2.24) is 15.1 Å². The lowest BCUT2D eigenvalue weighted by atomic mass is 9.95. The first-order chi connectivity index (χ1) is 17.0. The molecule has 3 aliphatic heterocycles. The Balaban J connectivity index is 1.20. The number of likely N-dealkylation sites (tertiary alicyclic amines) is 2. The van der Waals surface area contributed by atoms with E-state index in [4.69, 9.17) is 4.74 Å². The zero-order chi connectivity index (χ0) is 24.4. The van der Waals surface area contributed by atoms with Crippen LogP contribution in [0.2, 0.25) is 0 Å². The van der Waals surface area contributed by atoms with Crippen LogP contribution in [0, 0.1) is 5.92 Å². The minimum Gasteiger partial charge on any atom is -0.497 e. The lowest BCUT2D eigenvalue weighted by molar-refractivity contribution is -0.126. The average Bonchev–Trinajstić information content (AvgIpc) is 3.51. The Kier molecular flexibility index (Phi) is 6.80. The quantitative estimate of drug-likeness (QED) is 0.661. The standard InChI is InChI=1S/C26H32N4O4S/c1-34-21-10-8-19(9-11-21)23(29-14-4-5-15-29)18-27-26(31)20-12-16-30(17-13-20)25-22-6-2-3-7-24(22)35(32,33)28-25/h2-3,6-11,20,23H,4-5,12-18H2,1H3,(H,27,31)/t23-/m0/s1. The van der Waals surface area contributed by atoms with Gasteiger partial charge in [-0.25, -0.2) is 0 Å². The molecule has 1 atom stereocenters. The number of ether oxygens (including phenoxy) is 1. The molecule has 2 saturated heterocycles. The molecular weight excluding hydrogens is 464 g/mol. The predicted octanol–water partition coefficient (Wildman–Crippen LogP) is 2.81. The zero-order valence-corrected chi connectivity index (χ0v) is 20.8. The van der Waals surface area contributed by atoms with Crippen molar-refractivity contribution in [2.75, 3.05) is 39.8 Å². The Hall–Kier alpha value is -2.91. The molecule has 1 N–H and O–H groups in total. The molecule has 2 fully saturated rings. The molecule has 0 aromatic heterocycles. The second-order valence-corrected chi connectivity index (χ2v) is 11.0. The third kappa shape index (κ3) is 4.92. The van der Waals surface area contributed by atoms with Crippen molar-refractivity contribution in [1.29, 1.82) is 0 Å². The fourth-order valence-corrected chi connectivity index (χ4v) is 6.58. The molecule has 8 nitrogen and oxygen atoms in total. The number of fused-ring (bicyclic) bond motifs is 1. The second kappa shape index (κ2) is 9.99. The van der Waals surface area contributed by atoms with Crippen LogP contribution >= 0.6 is 0 Å². The van der Waals surface area contributed by atoms with E-state index < -0.39 is 10.0 Å². The lowest BCUT2D eigenvalue weighted by Gasteiger charge is -2.33. The molecule has 3 aliphatic rings. The largest absolute Gasteiger partial charge is 0.497 e. The number of carbonyl (C=O) groups is 1. The molecule has 3 heterocycles. The van der Waals surface area contributed by atoms with Gasteiger partial charge in [-0.2, -0.15) is 8.42 Å². The summed E-state index contributed by atoms with van der Waals surface area (Å²) in [7, 11) is -1.97. The van der Waals surface area contributed by atoms with E-state index in [-0.39, 0.29) is 22.8 Å². The van der Waals surface area contributed by atoms with Crippen molar-refractivity contribution in [3.8, 4) is 5.75 Å². The molecule has 0 saturated carbocycles. The predicted molar refractivity (Wildman–Crippen MR) is 134 cm³/mol. The SMILES string of the molecule is COc1ccc([C@H](CNC(=O)C2CCN(C3=NS(=O)(=O)c4ccccc43)CC2)N2CCCC2)cc1. The third-order valence-electron chi connectivity index (χ3n) is 7.33. The van der Waals surface area contributed by atoms with Gasteiger partial charge in [0.25, 0.3) is 10.0 Å². The van der Waals surface area contributed by atoms with Crippen LogP contribution in [-0.2, 0) is 14.8 Å². The number of sulfonamides is 1. The topological polar surface area (TPSA) is 91.3 Å². The maximum Gasteiger partial charge on any atom is 0.285 e. The van der Waals surface area contributed by atoms with Crippen molar-refractivity contribution >= 4 is 21.8 Å². The Morgan fingerprint density at radius 2 is 1.74 bits per heavy atom. The molecule has 1 amide bonds. The normalized spacial score (nSPS) is 20.8. The van der Waals surface area contributed by atoms with E-state index in [1.54, 1.807) is 25.3 Å². The first-order valence-corrected chi connectivity index (χ1v) is 13.8. The van der Waals surface area contributed by atoms with Crippen molar-refractivity contribution in [2.45, 2.75) is 36.6 Å². The maximum atomic E-state index is 13.1. The summed E-state index contributed by atoms with van der Waals surface area (Å²) in [6.07, 6.45) is 3.71. The molecular formula is C26H32N4O4S. The summed E-state index contributed by atoms with van der Waals surface area (Å²) in [5.74, 6) is 1.32. The number of hydrogen-bond donors (Lipinski definition) is 1. The summed E-state index contributed by atoms with van der Waals surface area (Å²) in [5.41, 5.74) is 1.84. The van der Waals surface area contributed by atoms with Crippen LogP contribution in [0.5, 0.6) is 5.75 Å². The highest BCUT2D eigenvalue weighted by molar-refractivity contribution is 7.90. The van der Waals surface area contributed by atoms with Gasteiger partial charge in [-0.3, -0.25) is 9.69 Å². The zero-order valence-electron chi connectivity index (χ0n) is 20.0. The number of nitrogens with one attached hydrogen (secondary N) is 1. The fourth-order valence-electron chi connectivity index (χ4n) is 5.35. The molecule has 0 spiro atoms. The number of rotatable bonds is 6. The molecule has 0 radical (unpaired) electrons. The second-order valence-electron chi connectivity index (χ2n) is 9.42. The number of carbonyl (C=O) groups excluding carboxylic acids is 1. The first-order valence-electron chi connectivity index (χ1n) is 12.3. The van der Waals surface area contributed by atoms with Gasteiger partial charge in [0.1, 0.15) is 10.6 Å². The molecule has 0 aliphatic carbocycles. The van der Waals surface area contributed by atoms with Crippen LogP contribution in [0.15, 0.2) is 57.8 Å². The fraction of sp³-hybridized carbons (Fsp3) is 0.462. The number of amidine groups is 1. The van der Waals surface area contributed by atoms with Crippen LogP contribution in [0.1, 0.15) is 42.9 Å². The molecule has 2 aromatic carbocycles. The van der Waals surface area contributed by atoms with Crippen molar-refractivity contribution < 1.29 is 17.9 Å². The van der Waals surface area contributed by atoms with E-state index in [2.05, 4.69) is 26.7 Å². The summed E-state index contributed by atoms with van der Waals surface area (Å²) in [4.78, 5) is 17.8. The molecule has 186 valence electrons. The minimum absolute atomic E-state index is 0.0729. The molecule has 0 bridgehead atoms. The van der Waals surface area contributed by atoms with E-state index >= 15 is 0 Å². The van der Waals surface area contributed by atoms with Gasteiger partial charge in [-0.05, 0) is 68.6 Å². The van der Waals surface area contributed by atoms with Crippen molar-refractivity contribution in [2.24, 2.45) is 10.3 Å². The van der Waals surface area contributed by atoms with Crippen LogP contribution in [0.3, 0.4) is 0 Å². The van der Waals surface area contributed by atoms with E-state index in [9.17, 15) is 13.2 Å². The number of hydrogen-bond acceptors (Lipinski definition) is 6. The summed E-state index contributed by atoms with van der Waals surface area (Å²) < 4.78 is 34.1. The Morgan fingerprint density at radius 1 is 1.06 bits per heavy atom. The summed E-state index contributed by atoms with van der Waals surface area (Å²) in [6.45, 7) is 3.86. The van der Waals surface area contributed by atoms with Gasteiger partial charge in [-0.15, -0.1) is 4.40 Å². The van der Waals surface area contributed by atoms with Crippen LogP contribution in [-0.4, -0.2) is 69.8 Å². The summed E-state index contributed by atoms with van der Waals surface area (Å²) >= 11 is 0. The smallest absolute Gasteiger partial charge is 0.285 e. The monoisotopic (exact) mass is 496 g/mol. The van der Waals surface area contributed by atoms with Gasteiger partial charge < -0.3 is 15.0 Å². The number of methoxy groups -OCH3 is 1. The maximum absolute atomic E-state index is 13.1. The van der Waals surface area contributed by atoms with E-state index in [1.807, 2.05) is 23.1 Å². The van der Waals surface area contributed by atoms with Gasteiger partial charge >= 0.3 is 0 Å². The van der Waals surface area contributed by atoms with Crippen molar-refractivity contribution in [3.63, 3.8) is 0 Å². The highest BCUT2D eigenvalue weighted by atomic mass is 32.2. The first kappa shape index (κ1) is 23.8. The third-order valence-corrected chi connectivity index (χ3v) is 8.65. The average molecular weight is 497 g/mol. The Morgan fingerprint density at radius 3 is 2.43 bits per heavy atom. The van der Waals surface area contributed by atoms with E-state index in [0.29, 0.717) is 43.9 Å². The van der Waals surface area contributed by atoms with E-state index in [1.165, 1.54) is 18.4 Å². The molecule has 2 aromatic rings. The number of nitrogens with zero attached hydrogens (tertiary/aromatic N) is 3. The molecule has 0 unspecified atom stereocenters.